The van der Waals surface area contributed by atoms with Crippen LogP contribution in [0.15, 0.2) is 30.3 Å². The van der Waals surface area contributed by atoms with Gasteiger partial charge in [0.25, 0.3) is 0 Å². The smallest absolute Gasteiger partial charge is 0.159 e. The molecular formula is C37H50F4. The predicted molar refractivity (Wildman–Crippen MR) is 160 cm³/mol. The average molecular weight is 571 g/mol. The highest BCUT2D eigenvalue weighted by Crippen LogP contribution is 2.47. The van der Waals surface area contributed by atoms with E-state index in [2.05, 4.69) is 6.92 Å². The molecule has 2 aromatic carbocycles. The molecule has 2 aromatic rings. The third-order valence-corrected chi connectivity index (χ3v) is 11.2. The SMILES string of the molecule is CCCCCCCC1CCC(c2cc(F)c(C3CCC(C4CCC(c5ccc(F)c(F)c5)CC4)CC3)c(F)c2)CC1. The normalized spacial score (nSPS) is 29.0. The van der Waals surface area contributed by atoms with Crippen molar-refractivity contribution in [1.82, 2.24) is 0 Å². The van der Waals surface area contributed by atoms with Crippen molar-refractivity contribution >= 4 is 0 Å². The highest BCUT2D eigenvalue weighted by molar-refractivity contribution is 5.32. The third-order valence-electron chi connectivity index (χ3n) is 11.2. The summed E-state index contributed by atoms with van der Waals surface area (Å²) in [4.78, 5) is 0. The first-order chi connectivity index (χ1) is 19.9. The van der Waals surface area contributed by atoms with E-state index < -0.39 is 11.6 Å². The van der Waals surface area contributed by atoms with E-state index in [1.165, 1.54) is 63.5 Å². The minimum Gasteiger partial charge on any atom is -0.207 e. The largest absolute Gasteiger partial charge is 0.207 e. The van der Waals surface area contributed by atoms with Crippen LogP contribution in [0.25, 0.3) is 0 Å². The Bertz CT molecular complexity index is 1080. The van der Waals surface area contributed by atoms with Gasteiger partial charge in [0.05, 0.1) is 0 Å². The van der Waals surface area contributed by atoms with Gasteiger partial charge in [0.15, 0.2) is 11.6 Å². The van der Waals surface area contributed by atoms with Crippen LogP contribution < -0.4 is 0 Å². The van der Waals surface area contributed by atoms with Crippen LogP contribution in [0.3, 0.4) is 0 Å². The number of unbranched alkanes of at least 4 members (excludes halogenated alkanes) is 4. The van der Waals surface area contributed by atoms with E-state index in [9.17, 15) is 8.78 Å². The Labute approximate surface area is 245 Å². The monoisotopic (exact) mass is 570 g/mol. The first-order valence-corrected chi connectivity index (χ1v) is 16.9. The number of halogens is 4. The molecule has 0 atom stereocenters. The molecule has 3 fully saturated rings. The van der Waals surface area contributed by atoms with Gasteiger partial charge in [-0.3, -0.25) is 0 Å². The molecule has 0 aromatic heterocycles. The number of benzene rings is 2. The molecule has 0 unspecified atom stereocenters. The highest BCUT2D eigenvalue weighted by Gasteiger charge is 2.34. The summed E-state index contributed by atoms with van der Waals surface area (Å²) in [6.07, 6.45) is 20.4. The molecule has 3 saturated carbocycles. The van der Waals surface area contributed by atoms with Gasteiger partial charge in [0.2, 0.25) is 0 Å². The van der Waals surface area contributed by atoms with Crippen molar-refractivity contribution in [2.24, 2.45) is 17.8 Å². The van der Waals surface area contributed by atoms with Gasteiger partial charge < -0.3 is 0 Å². The van der Waals surface area contributed by atoms with E-state index in [4.69, 9.17) is 0 Å². The second kappa shape index (κ2) is 14.6. The molecular weight excluding hydrogens is 520 g/mol. The fourth-order valence-corrected chi connectivity index (χ4v) is 8.62. The van der Waals surface area contributed by atoms with Crippen LogP contribution >= 0.6 is 0 Å². The van der Waals surface area contributed by atoms with Crippen LogP contribution in [0, 0.1) is 41.0 Å². The van der Waals surface area contributed by atoms with E-state index in [1.54, 1.807) is 18.2 Å². The molecule has 4 heteroatoms. The lowest BCUT2D eigenvalue weighted by Crippen LogP contribution is -2.25. The van der Waals surface area contributed by atoms with Crippen molar-refractivity contribution in [3.8, 4) is 0 Å². The van der Waals surface area contributed by atoms with Crippen LogP contribution in [0.2, 0.25) is 0 Å². The molecule has 5 rings (SSSR count). The second-order valence-electron chi connectivity index (χ2n) is 13.7. The van der Waals surface area contributed by atoms with Crippen molar-refractivity contribution in [2.45, 2.75) is 140 Å². The molecule has 3 aliphatic carbocycles. The fourth-order valence-electron chi connectivity index (χ4n) is 8.62. The maximum absolute atomic E-state index is 15.4. The Morgan fingerprint density at radius 1 is 0.512 bits per heavy atom. The first kappa shape index (κ1) is 30.6. The van der Waals surface area contributed by atoms with Gasteiger partial charge in [-0.25, -0.2) is 17.6 Å². The first-order valence-electron chi connectivity index (χ1n) is 16.9. The molecule has 0 nitrogen and oxygen atoms in total. The maximum atomic E-state index is 15.4. The van der Waals surface area contributed by atoms with Crippen LogP contribution in [0.5, 0.6) is 0 Å². The summed E-state index contributed by atoms with van der Waals surface area (Å²) in [6.45, 7) is 2.25. The molecule has 0 saturated heterocycles. The summed E-state index contributed by atoms with van der Waals surface area (Å²) in [7, 11) is 0. The molecule has 0 aliphatic heterocycles. The molecule has 0 N–H and O–H groups in total. The number of hydrogen-bond donors (Lipinski definition) is 0. The van der Waals surface area contributed by atoms with E-state index in [0.29, 0.717) is 29.2 Å². The van der Waals surface area contributed by atoms with Crippen molar-refractivity contribution in [3.63, 3.8) is 0 Å². The minimum atomic E-state index is -0.785. The quantitative estimate of drug-likeness (QED) is 0.197. The van der Waals surface area contributed by atoms with Gasteiger partial charge in [0, 0.05) is 5.56 Å². The van der Waals surface area contributed by atoms with E-state index in [1.807, 2.05) is 0 Å². The molecule has 0 bridgehead atoms. The van der Waals surface area contributed by atoms with Crippen LogP contribution in [-0.2, 0) is 0 Å². The Kier molecular flexibility index (Phi) is 10.9. The van der Waals surface area contributed by atoms with Crippen LogP contribution in [-0.4, -0.2) is 0 Å². The van der Waals surface area contributed by atoms with Gasteiger partial charge in [0.1, 0.15) is 11.6 Å². The summed E-state index contributed by atoms with van der Waals surface area (Å²) in [5, 5.41) is 0. The van der Waals surface area contributed by atoms with Crippen molar-refractivity contribution < 1.29 is 17.6 Å². The Morgan fingerprint density at radius 3 is 1.61 bits per heavy atom. The second-order valence-corrected chi connectivity index (χ2v) is 13.7. The van der Waals surface area contributed by atoms with Crippen molar-refractivity contribution in [3.05, 3.63) is 70.3 Å². The predicted octanol–water partition coefficient (Wildman–Crippen LogP) is 12.1. The van der Waals surface area contributed by atoms with Gasteiger partial charge in [-0.15, -0.1) is 0 Å². The summed E-state index contributed by atoms with van der Waals surface area (Å²) in [5.74, 6) is 0.387. The zero-order chi connectivity index (χ0) is 28.8. The Morgan fingerprint density at radius 2 is 1.02 bits per heavy atom. The molecule has 0 amide bonds. The lowest BCUT2D eigenvalue weighted by atomic mass is 9.67. The zero-order valence-corrected chi connectivity index (χ0v) is 25.1. The Hall–Kier alpha value is -1.84. The molecule has 41 heavy (non-hydrogen) atoms. The molecule has 0 heterocycles. The van der Waals surface area contributed by atoms with Crippen LogP contribution in [0.1, 0.15) is 157 Å². The lowest BCUT2D eigenvalue weighted by molar-refractivity contribution is 0.175. The zero-order valence-electron chi connectivity index (χ0n) is 25.1. The van der Waals surface area contributed by atoms with E-state index in [0.717, 1.165) is 81.3 Å². The fraction of sp³-hybridized carbons (Fsp3) is 0.676. The maximum Gasteiger partial charge on any atom is 0.159 e. The third kappa shape index (κ3) is 7.77. The van der Waals surface area contributed by atoms with Crippen LogP contribution in [0.4, 0.5) is 17.6 Å². The van der Waals surface area contributed by atoms with Gasteiger partial charge in [-0.1, -0.05) is 51.5 Å². The lowest BCUT2D eigenvalue weighted by Gasteiger charge is -2.38. The Balaban J connectivity index is 1.09. The standard InChI is InChI=1S/C37H50F4/c1-2-3-4-5-6-7-25-8-10-29(11-9-25)32-23-35(40)37(36(41)24-32)30-18-16-27(17-19-30)26-12-14-28(15-13-26)31-20-21-33(38)34(39)22-31/h20-30H,2-19H2,1H3. The topological polar surface area (TPSA) is 0 Å². The minimum absolute atomic E-state index is 0.0257. The van der Waals surface area contributed by atoms with E-state index in [-0.39, 0.29) is 17.6 Å². The highest BCUT2D eigenvalue weighted by atomic mass is 19.2. The summed E-state index contributed by atoms with van der Waals surface area (Å²) in [6, 6.07) is 7.66. The molecule has 226 valence electrons. The summed E-state index contributed by atoms with van der Waals surface area (Å²) < 4.78 is 57.9. The summed E-state index contributed by atoms with van der Waals surface area (Å²) in [5.41, 5.74) is 2.11. The van der Waals surface area contributed by atoms with Crippen molar-refractivity contribution in [2.75, 3.05) is 0 Å². The van der Waals surface area contributed by atoms with Gasteiger partial charge >= 0.3 is 0 Å². The van der Waals surface area contributed by atoms with E-state index >= 15 is 8.78 Å². The molecule has 0 spiro atoms. The average Bonchev–Trinajstić information content (AvgIpc) is 2.99. The summed E-state index contributed by atoms with van der Waals surface area (Å²) >= 11 is 0. The molecule has 3 aliphatic rings. The van der Waals surface area contributed by atoms with Gasteiger partial charge in [-0.05, 0) is 148 Å². The van der Waals surface area contributed by atoms with Crippen molar-refractivity contribution in [1.29, 1.82) is 0 Å². The number of rotatable bonds is 10. The molecule has 0 radical (unpaired) electrons. The van der Waals surface area contributed by atoms with Gasteiger partial charge in [-0.2, -0.15) is 0 Å². The number of hydrogen-bond acceptors (Lipinski definition) is 0.